The second-order valence-corrected chi connectivity index (χ2v) is 6.72. The van der Waals surface area contributed by atoms with Crippen LogP contribution in [0, 0.1) is 0 Å². The van der Waals surface area contributed by atoms with Crippen LogP contribution in [0.5, 0.6) is 0 Å². The lowest BCUT2D eigenvalue weighted by Gasteiger charge is -2.24. The molecule has 3 N–H and O–H groups in total. The first kappa shape index (κ1) is 19.6. The Morgan fingerprint density at radius 1 is 1.28 bits per heavy atom. The van der Waals surface area contributed by atoms with Crippen molar-refractivity contribution in [3.63, 3.8) is 0 Å². The van der Waals surface area contributed by atoms with Crippen molar-refractivity contribution < 1.29 is 14.4 Å². The van der Waals surface area contributed by atoms with Gasteiger partial charge in [-0.15, -0.1) is 0 Å². The average Bonchev–Trinajstić information content (AvgIpc) is 2.65. The molecule has 0 bridgehead atoms. The molecule has 0 spiro atoms. The van der Waals surface area contributed by atoms with E-state index in [1.54, 1.807) is 11.9 Å². The Morgan fingerprint density at radius 3 is 2.60 bits per heavy atom. The van der Waals surface area contributed by atoms with Gasteiger partial charge in [-0.2, -0.15) is 0 Å². The molecule has 1 aliphatic rings. The number of ether oxygens (including phenoxy) is 1. The molecule has 6 nitrogen and oxygen atoms in total. The zero-order chi connectivity index (χ0) is 18.1. The summed E-state index contributed by atoms with van der Waals surface area (Å²) in [7, 11) is 3.61. The van der Waals surface area contributed by atoms with Crippen LogP contribution in [0.2, 0.25) is 0 Å². The number of amides is 1. The fraction of sp³-hybridized carbons (Fsp3) is 0.556. The van der Waals surface area contributed by atoms with Crippen LogP contribution in [-0.4, -0.2) is 69.4 Å². The Balaban J connectivity index is 1.68. The summed E-state index contributed by atoms with van der Waals surface area (Å²) in [5.41, 5.74) is 1.79. The summed E-state index contributed by atoms with van der Waals surface area (Å²) in [6, 6.07) is 7.60. The Bertz CT molecular complexity index is 559. The summed E-state index contributed by atoms with van der Waals surface area (Å²) in [6.07, 6.45) is 1.10. The van der Waals surface area contributed by atoms with Crippen molar-refractivity contribution in [3.05, 3.63) is 35.4 Å². The summed E-state index contributed by atoms with van der Waals surface area (Å²) in [6.45, 7) is 6.74. The monoisotopic (exact) mass is 365 g/mol. The molecular formula is C18H29N4O2S+. The van der Waals surface area contributed by atoms with Crippen LogP contribution >= 0.6 is 12.2 Å². The normalized spacial score (nSPS) is 14.8. The van der Waals surface area contributed by atoms with E-state index >= 15 is 0 Å². The SMILES string of the molecule is CNC(=O)c1ccc(CN(C)C(=S)NCCC[NH+]2CCOCC2)cc1. The number of nitrogens with zero attached hydrogens (tertiary/aromatic N) is 1. The molecule has 1 aliphatic heterocycles. The van der Waals surface area contributed by atoms with Gasteiger partial charge in [0.2, 0.25) is 0 Å². The highest BCUT2D eigenvalue weighted by atomic mass is 32.1. The smallest absolute Gasteiger partial charge is 0.251 e. The van der Waals surface area contributed by atoms with Crippen LogP contribution in [0.25, 0.3) is 0 Å². The quantitative estimate of drug-likeness (QED) is 0.456. The maximum atomic E-state index is 11.6. The molecule has 2 rings (SSSR count). The summed E-state index contributed by atoms with van der Waals surface area (Å²) in [5.74, 6) is -0.0699. The average molecular weight is 366 g/mol. The number of nitrogens with one attached hydrogen (secondary N) is 3. The number of hydrogen-bond donors (Lipinski definition) is 3. The maximum absolute atomic E-state index is 11.6. The Labute approximate surface area is 155 Å². The van der Waals surface area contributed by atoms with Gasteiger partial charge in [-0.1, -0.05) is 12.1 Å². The molecule has 0 saturated carbocycles. The van der Waals surface area contributed by atoms with Crippen molar-refractivity contribution >= 4 is 23.2 Å². The first-order valence-electron chi connectivity index (χ1n) is 8.81. The number of carbonyl (C=O) groups is 1. The summed E-state index contributed by atoms with van der Waals surface area (Å²) < 4.78 is 5.37. The number of morpholine rings is 1. The van der Waals surface area contributed by atoms with Gasteiger partial charge in [0.05, 0.1) is 19.8 Å². The minimum Gasteiger partial charge on any atom is -0.370 e. The number of rotatable bonds is 7. The lowest BCUT2D eigenvalue weighted by Crippen LogP contribution is -3.14. The largest absolute Gasteiger partial charge is 0.370 e. The number of hydrogen-bond acceptors (Lipinski definition) is 3. The number of benzene rings is 1. The molecule has 1 saturated heterocycles. The molecule has 1 amide bonds. The van der Waals surface area contributed by atoms with Gasteiger partial charge in [0.25, 0.3) is 5.91 Å². The van der Waals surface area contributed by atoms with Gasteiger partial charge < -0.3 is 25.2 Å². The van der Waals surface area contributed by atoms with E-state index in [1.807, 2.05) is 36.2 Å². The molecular weight excluding hydrogens is 336 g/mol. The molecule has 0 unspecified atom stereocenters. The fourth-order valence-electron chi connectivity index (χ4n) is 2.83. The minimum atomic E-state index is -0.0699. The second kappa shape index (κ2) is 10.3. The van der Waals surface area contributed by atoms with Gasteiger partial charge in [0.15, 0.2) is 5.11 Å². The Hall–Kier alpha value is -1.70. The lowest BCUT2D eigenvalue weighted by molar-refractivity contribution is -0.908. The van der Waals surface area contributed by atoms with Gasteiger partial charge in [0.1, 0.15) is 13.1 Å². The highest BCUT2D eigenvalue weighted by molar-refractivity contribution is 7.80. The predicted octanol–water partition coefficient (Wildman–Crippen LogP) is -0.342. The van der Waals surface area contributed by atoms with Crippen molar-refractivity contribution in [1.29, 1.82) is 0 Å². The molecule has 1 aromatic carbocycles. The molecule has 25 heavy (non-hydrogen) atoms. The van der Waals surface area contributed by atoms with Crippen LogP contribution in [0.1, 0.15) is 22.3 Å². The van der Waals surface area contributed by atoms with E-state index < -0.39 is 0 Å². The molecule has 1 aromatic rings. The molecule has 0 aliphatic carbocycles. The van der Waals surface area contributed by atoms with E-state index in [-0.39, 0.29) is 5.91 Å². The van der Waals surface area contributed by atoms with E-state index in [0.29, 0.717) is 12.1 Å². The van der Waals surface area contributed by atoms with E-state index in [1.165, 1.54) is 0 Å². The van der Waals surface area contributed by atoms with Crippen LogP contribution < -0.4 is 15.5 Å². The molecule has 1 heterocycles. The van der Waals surface area contributed by atoms with E-state index in [9.17, 15) is 4.79 Å². The van der Waals surface area contributed by atoms with Crippen LogP contribution in [0.3, 0.4) is 0 Å². The van der Waals surface area contributed by atoms with Gasteiger partial charge in [0, 0.05) is 39.2 Å². The number of carbonyl (C=O) groups excluding carboxylic acids is 1. The third-order valence-corrected chi connectivity index (χ3v) is 4.85. The molecule has 0 radical (unpaired) electrons. The molecule has 1 fully saturated rings. The van der Waals surface area contributed by atoms with Crippen molar-refractivity contribution in [2.24, 2.45) is 0 Å². The fourth-order valence-corrected chi connectivity index (χ4v) is 3.00. The Kier molecular flexibility index (Phi) is 8.11. The van der Waals surface area contributed by atoms with E-state index in [0.717, 1.165) is 56.5 Å². The number of quaternary nitrogens is 1. The summed E-state index contributed by atoms with van der Waals surface area (Å²) in [5, 5.41) is 6.71. The lowest BCUT2D eigenvalue weighted by atomic mass is 10.1. The molecule has 0 aromatic heterocycles. The molecule has 0 atom stereocenters. The molecule has 7 heteroatoms. The second-order valence-electron chi connectivity index (χ2n) is 6.33. The third-order valence-electron chi connectivity index (χ3n) is 4.39. The van der Waals surface area contributed by atoms with Gasteiger partial charge in [-0.3, -0.25) is 4.79 Å². The maximum Gasteiger partial charge on any atom is 0.251 e. The topological polar surface area (TPSA) is 58.0 Å². The zero-order valence-electron chi connectivity index (χ0n) is 15.1. The van der Waals surface area contributed by atoms with E-state index in [4.69, 9.17) is 17.0 Å². The Morgan fingerprint density at radius 2 is 1.96 bits per heavy atom. The first-order valence-corrected chi connectivity index (χ1v) is 9.22. The standard InChI is InChI=1S/C18H28N4O2S/c1-19-17(23)16-6-4-15(5-7-16)14-21(2)18(25)20-8-3-9-22-10-12-24-13-11-22/h4-7H,3,8-14H2,1-2H3,(H,19,23)(H,20,25)/p+1. The minimum absolute atomic E-state index is 0.0699. The highest BCUT2D eigenvalue weighted by Crippen LogP contribution is 2.07. The van der Waals surface area contributed by atoms with Crippen LogP contribution in [-0.2, 0) is 11.3 Å². The van der Waals surface area contributed by atoms with Crippen molar-refractivity contribution in [1.82, 2.24) is 15.5 Å². The van der Waals surface area contributed by atoms with Crippen molar-refractivity contribution in [2.45, 2.75) is 13.0 Å². The van der Waals surface area contributed by atoms with Crippen LogP contribution in [0.4, 0.5) is 0 Å². The third kappa shape index (κ3) is 6.61. The highest BCUT2D eigenvalue weighted by Gasteiger charge is 2.13. The van der Waals surface area contributed by atoms with Crippen molar-refractivity contribution in [3.8, 4) is 0 Å². The zero-order valence-corrected chi connectivity index (χ0v) is 16.0. The summed E-state index contributed by atoms with van der Waals surface area (Å²) >= 11 is 5.46. The van der Waals surface area contributed by atoms with Gasteiger partial charge >= 0.3 is 0 Å². The van der Waals surface area contributed by atoms with Crippen LogP contribution in [0.15, 0.2) is 24.3 Å². The van der Waals surface area contributed by atoms with Gasteiger partial charge in [-0.05, 0) is 29.9 Å². The molecule has 138 valence electrons. The van der Waals surface area contributed by atoms with Gasteiger partial charge in [-0.25, -0.2) is 0 Å². The van der Waals surface area contributed by atoms with E-state index in [2.05, 4.69) is 10.6 Å². The van der Waals surface area contributed by atoms with Crippen molar-refractivity contribution in [2.75, 3.05) is 53.5 Å². The summed E-state index contributed by atoms with van der Waals surface area (Å²) in [4.78, 5) is 15.2. The predicted molar refractivity (Wildman–Crippen MR) is 103 cm³/mol. The number of thiocarbonyl (C=S) groups is 1. The first-order chi connectivity index (χ1) is 12.1.